The topological polar surface area (TPSA) is 44.8 Å². The summed E-state index contributed by atoms with van der Waals surface area (Å²) in [6.45, 7) is 5.11. The van der Waals surface area contributed by atoms with Crippen molar-refractivity contribution >= 4 is 11.0 Å². The molecule has 1 aromatic carbocycles. The number of hydrogen-bond donors (Lipinski definition) is 1. The molecular weight excluding hydrogens is 260 g/mol. The maximum Gasteiger partial charge on any atom is 0.104 e. The number of pyridine rings is 1. The Hall–Kier alpha value is -2.20. The van der Waals surface area contributed by atoms with Crippen LogP contribution >= 0.6 is 0 Å². The van der Waals surface area contributed by atoms with Gasteiger partial charge in [-0.3, -0.25) is 9.88 Å². The number of H-pyrrole nitrogens is 1. The van der Waals surface area contributed by atoms with Crippen LogP contribution in [0, 0.1) is 6.92 Å². The molecule has 2 aromatic heterocycles. The van der Waals surface area contributed by atoms with E-state index in [0.717, 1.165) is 23.4 Å². The zero-order valence-corrected chi connectivity index (χ0v) is 12.7. The molecule has 2 heterocycles. The largest absolute Gasteiger partial charge is 0.342 e. The van der Waals surface area contributed by atoms with Gasteiger partial charge in [0.05, 0.1) is 11.0 Å². The van der Waals surface area contributed by atoms with Crippen LogP contribution in [-0.2, 0) is 6.54 Å². The van der Waals surface area contributed by atoms with E-state index in [4.69, 9.17) is 0 Å². The third-order valence-electron chi connectivity index (χ3n) is 3.95. The zero-order valence-electron chi connectivity index (χ0n) is 12.7. The number of aryl methyl sites for hydroxylation is 1. The third kappa shape index (κ3) is 2.95. The number of imidazole rings is 1. The minimum absolute atomic E-state index is 0.333. The fraction of sp³-hybridized carbons (Fsp3) is 0.294. The van der Waals surface area contributed by atoms with E-state index < -0.39 is 0 Å². The van der Waals surface area contributed by atoms with Crippen molar-refractivity contribution in [3.63, 3.8) is 0 Å². The van der Waals surface area contributed by atoms with E-state index in [9.17, 15) is 0 Å². The third-order valence-corrected chi connectivity index (χ3v) is 3.95. The molecule has 21 heavy (non-hydrogen) atoms. The van der Waals surface area contributed by atoms with Crippen LogP contribution in [0.15, 0.2) is 42.7 Å². The Morgan fingerprint density at radius 2 is 1.95 bits per heavy atom. The van der Waals surface area contributed by atoms with Crippen molar-refractivity contribution < 1.29 is 0 Å². The van der Waals surface area contributed by atoms with Gasteiger partial charge in [0.25, 0.3) is 0 Å². The van der Waals surface area contributed by atoms with E-state index >= 15 is 0 Å². The summed E-state index contributed by atoms with van der Waals surface area (Å²) in [6.07, 6.45) is 3.68. The minimum Gasteiger partial charge on any atom is -0.342 e. The molecule has 0 spiro atoms. The van der Waals surface area contributed by atoms with Gasteiger partial charge < -0.3 is 4.98 Å². The smallest absolute Gasteiger partial charge is 0.104 e. The van der Waals surface area contributed by atoms with Gasteiger partial charge in [0.1, 0.15) is 5.82 Å². The van der Waals surface area contributed by atoms with Gasteiger partial charge in [-0.1, -0.05) is 6.07 Å². The highest BCUT2D eigenvalue weighted by Gasteiger charge is 2.13. The highest BCUT2D eigenvalue weighted by molar-refractivity contribution is 5.75. The SMILES string of the molecule is Cc1nc2cc(C(C)N(C)Cc3ccncc3)ccc2[nH]1. The molecule has 108 valence electrons. The lowest BCUT2D eigenvalue weighted by Crippen LogP contribution is -2.21. The van der Waals surface area contributed by atoms with Gasteiger partial charge in [-0.05, 0) is 56.3 Å². The van der Waals surface area contributed by atoms with Gasteiger partial charge in [0.2, 0.25) is 0 Å². The molecule has 0 aliphatic carbocycles. The van der Waals surface area contributed by atoms with E-state index in [1.54, 1.807) is 0 Å². The Balaban J connectivity index is 1.80. The first-order valence-electron chi connectivity index (χ1n) is 7.19. The summed E-state index contributed by atoms with van der Waals surface area (Å²) in [5.74, 6) is 0.958. The lowest BCUT2D eigenvalue weighted by Gasteiger charge is -2.25. The molecule has 0 fully saturated rings. The first-order chi connectivity index (χ1) is 10.1. The van der Waals surface area contributed by atoms with Crippen LogP contribution in [0.3, 0.4) is 0 Å². The fourth-order valence-corrected chi connectivity index (χ4v) is 2.58. The Bertz CT molecular complexity index is 733. The summed E-state index contributed by atoms with van der Waals surface area (Å²) in [5, 5.41) is 0. The summed E-state index contributed by atoms with van der Waals surface area (Å²) < 4.78 is 0. The summed E-state index contributed by atoms with van der Waals surface area (Å²) in [7, 11) is 2.14. The van der Waals surface area contributed by atoms with Gasteiger partial charge >= 0.3 is 0 Å². The number of benzene rings is 1. The van der Waals surface area contributed by atoms with Gasteiger partial charge in [-0.15, -0.1) is 0 Å². The number of nitrogens with zero attached hydrogens (tertiary/aromatic N) is 3. The first-order valence-corrected chi connectivity index (χ1v) is 7.19. The standard InChI is InChI=1S/C17H20N4/c1-12(21(3)11-14-6-8-18-9-7-14)15-4-5-16-17(10-15)20-13(2)19-16/h4-10,12H,11H2,1-3H3,(H,19,20). The Morgan fingerprint density at radius 1 is 1.19 bits per heavy atom. The number of fused-ring (bicyclic) bond motifs is 1. The van der Waals surface area contributed by atoms with Crippen molar-refractivity contribution in [2.75, 3.05) is 7.05 Å². The number of nitrogens with one attached hydrogen (secondary N) is 1. The predicted octanol–water partition coefficient (Wildman–Crippen LogP) is 3.46. The van der Waals surface area contributed by atoms with Crippen LogP contribution in [0.1, 0.15) is 29.9 Å². The first kappa shape index (κ1) is 13.8. The predicted molar refractivity (Wildman–Crippen MR) is 84.9 cm³/mol. The highest BCUT2D eigenvalue weighted by Crippen LogP contribution is 2.23. The number of aromatic amines is 1. The van der Waals surface area contributed by atoms with Crippen molar-refractivity contribution in [3.8, 4) is 0 Å². The van der Waals surface area contributed by atoms with Gasteiger partial charge in [0.15, 0.2) is 0 Å². The Labute approximate surface area is 124 Å². The maximum absolute atomic E-state index is 4.52. The molecule has 4 nitrogen and oxygen atoms in total. The van der Waals surface area contributed by atoms with E-state index in [-0.39, 0.29) is 0 Å². The molecule has 1 N–H and O–H groups in total. The molecule has 0 aliphatic rings. The molecule has 0 aliphatic heterocycles. The molecule has 0 bridgehead atoms. The van der Waals surface area contributed by atoms with Crippen molar-refractivity contribution in [3.05, 3.63) is 59.7 Å². The van der Waals surface area contributed by atoms with Crippen molar-refractivity contribution in [1.29, 1.82) is 0 Å². The summed E-state index contributed by atoms with van der Waals surface area (Å²) in [4.78, 5) is 14.2. The minimum atomic E-state index is 0.333. The molecule has 4 heteroatoms. The second kappa shape index (κ2) is 5.66. The molecule has 0 saturated carbocycles. The average molecular weight is 280 g/mol. The van der Waals surface area contributed by atoms with Crippen molar-refractivity contribution in [2.45, 2.75) is 26.4 Å². The van der Waals surface area contributed by atoms with Crippen LogP contribution < -0.4 is 0 Å². The molecular formula is C17H20N4. The normalized spacial score (nSPS) is 13.0. The number of aromatic nitrogens is 3. The van der Waals surface area contributed by atoms with Crippen LogP contribution in [0.2, 0.25) is 0 Å². The molecule has 3 aromatic rings. The average Bonchev–Trinajstić information content (AvgIpc) is 2.86. The number of hydrogen-bond acceptors (Lipinski definition) is 3. The Morgan fingerprint density at radius 3 is 2.71 bits per heavy atom. The van der Waals surface area contributed by atoms with Crippen molar-refractivity contribution in [1.82, 2.24) is 19.9 Å². The monoisotopic (exact) mass is 280 g/mol. The molecule has 3 rings (SSSR count). The summed E-state index contributed by atoms with van der Waals surface area (Å²) >= 11 is 0. The number of rotatable bonds is 4. The van der Waals surface area contributed by atoms with Crippen molar-refractivity contribution in [2.24, 2.45) is 0 Å². The Kier molecular flexibility index (Phi) is 3.71. The summed E-state index contributed by atoms with van der Waals surface area (Å²) in [6, 6.07) is 10.9. The quantitative estimate of drug-likeness (QED) is 0.796. The molecule has 0 amide bonds. The summed E-state index contributed by atoms with van der Waals surface area (Å²) in [5.41, 5.74) is 4.69. The molecule has 0 saturated heterocycles. The zero-order chi connectivity index (χ0) is 14.8. The molecule has 0 radical (unpaired) electrons. The van der Waals surface area contributed by atoms with E-state index in [0.29, 0.717) is 6.04 Å². The second-order valence-electron chi connectivity index (χ2n) is 5.55. The lowest BCUT2D eigenvalue weighted by molar-refractivity contribution is 0.253. The van der Waals surface area contributed by atoms with Gasteiger partial charge in [0, 0.05) is 25.0 Å². The molecule has 1 atom stereocenters. The van der Waals surface area contributed by atoms with E-state index in [1.807, 2.05) is 19.3 Å². The highest BCUT2D eigenvalue weighted by atomic mass is 15.1. The van der Waals surface area contributed by atoms with Gasteiger partial charge in [-0.2, -0.15) is 0 Å². The second-order valence-corrected chi connectivity index (χ2v) is 5.55. The molecule has 1 unspecified atom stereocenters. The lowest BCUT2D eigenvalue weighted by atomic mass is 10.1. The van der Waals surface area contributed by atoms with Crippen LogP contribution in [-0.4, -0.2) is 26.9 Å². The van der Waals surface area contributed by atoms with Crippen LogP contribution in [0.5, 0.6) is 0 Å². The maximum atomic E-state index is 4.52. The van der Waals surface area contributed by atoms with Crippen LogP contribution in [0.25, 0.3) is 11.0 Å². The van der Waals surface area contributed by atoms with E-state index in [2.05, 4.69) is 64.2 Å². The van der Waals surface area contributed by atoms with Gasteiger partial charge in [-0.25, -0.2) is 4.98 Å². The van der Waals surface area contributed by atoms with E-state index in [1.165, 1.54) is 11.1 Å². The fourth-order valence-electron chi connectivity index (χ4n) is 2.58. The van der Waals surface area contributed by atoms with Crippen LogP contribution in [0.4, 0.5) is 0 Å².